The first-order chi connectivity index (χ1) is 16.2. The average Bonchev–Trinajstić information content (AvgIpc) is 2.88. The second-order valence-corrected chi connectivity index (χ2v) is 7.55. The van der Waals surface area contributed by atoms with Gasteiger partial charge in [0.1, 0.15) is 29.4 Å². The molecule has 4 rings (SSSR count). The Labute approximate surface area is 193 Å². The molecule has 0 bridgehead atoms. The number of methoxy groups -OCH3 is 1. The zero-order valence-corrected chi connectivity index (χ0v) is 18.9. The van der Waals surface area contributed by atoms with E-state index in [1.807, 2.05) is 54.3 Å². The van der Waals surface area contributed by atoms with Gasteiger partial charge in [0.25, 0.3) is 5.91 Å². The molecule has 33 heavy (non-hydrogen) atoms. The van der Waals surface area contributed by atoms with E-state index in [1.54, 1.807) is 25.6 Å². The molecule has 0 saturated carbocycles. The van der Waals surface area contributed by atoms with E-state index in [0.717, 1.165) is 28.6 Å². The van der Waals surface area contributed by atoms with Gasteiger partial charge in [0.2, 0.25) is 0 Å². The van der Waals surface area contributed by atoms with Gasteiger partial charge in [-0.2, -0.15) is 0 Å². The lowest BCUT2D eigenvalue weighted by Crippen LogP contribution is -2.50. The first-order valence-corrected chi connectivity index (χ1v) is 11.0. The topological polar surface area (TPSA) is 77.0 Å². The van der Waals surface area contributed by atoms with Crippen molar-refractivity contribution in [2.45, 2.75) is 6.92 Å². The summed E-state index contributed by atoms with van der Waals surface area (Å²) in [5.41, 5.74) is 1.86. The lowest BCUT2D eigenvalue weighted by Gasteiger charge is -2.35. The molecule has 1 aromatic heterocycles. The molecule has 0 unspecified atom stereocenters. The fraction of sp³-hybridized carbons (Fsp3) is 0.320. The molecule has 2 heterocycles. The molecule has 0 spiro atoms. The summed E-state index contributed by atoms with van der Waals surface area (Å²) >= 11 is 0. The normalized spacial score (nSPS) is 13.5. The highest BCUT2D eigenvalue weighted by atomic mass is 16.5. The first kappa shape index (κ1) is 22.4. The molecule has 1 aliphatic heterocycles. The number of benzene rings is 2. The lowest BCUT2D eigenvalue weighted by atomic mass is 10.1. The van der Waals surface area contributed by atoms with Crippen LogP contribution in [0.5, 0.6) is 17.2 Å². The van der Waals surface area contributed by atoms with E-state index in [0.29, 0.717) is 38.5 Å². The quantitative estimate of drug-likeness (QED) is 0.523. The van der Waals surface area contributed by atoms with Crippen molar-refractivity contribution in [3.05, 3.63) is 60.9 Å². The van der Waals surface area contributed by atoms with Crippen LogP contribution in [0.1, 0.15) is 6.92 Å². The van der Waals surface area contributed by atoms with Crippen LogP contribution in [0, 0.1) is 0 Å². The van der Waals surface area contributed by atoms with Gasteiger partial charge in [-0.1, -0.05) is 0 Å². The summed E-state index contributed by atoms with van der Waals surface area (Å²) in [7, 11) is 1.61. The minimum atomic E-state index is -0.0248. The third kappa shape index (κ3) is 5.71. The van der Waals surface area contributed by atoms with Crippen molar-refractivity contribution in [1.82, 2.24) is 14.9 Å². The number of hydrogen-bond acceptors (Lipinski definition) is 7. The third-order valence-electron chi connectivity index (χ3n) is 5.49. The fourth-order valence-corrected chi connectivity index (χ4v) is 3.66. The molecule has 0 radical (unpaired) electrons. The summed E-state index contributed by atoms with van der Waals surface area (Å²) in [6, 6.07) is 17.1. The molecular weight excluding hydrogens is 420 g/mol. The van der Waals surface area contributed by atoms with E-state index in [9.17, 15) is 4.79 Å². The van der Waals surface area contributed by atoms with Crippen molar-refractivity contribution in [1.29, 1.82) is 0 Å². The van der Waals surface area contributed by atoms with E-state index < -0.39 is 0 Å². The van der Waals surface area contributed by atoms with E-state index in [1.165, 1.54) is 0 Å². The lowest BCUT2D eigenvalue weighted by molar-refractivity contribution is -0.133. The van der Waals surface area contributed by atoms with Crippen LogP contribution in [0.25, 0.3) is 11.3 Å². The third-order valence-corrected chi connectivity index (χ3v) is 5.49. The summed E-state index contributed by atoms with van der Waals surface area (Å²) in [6.07, 6.45) is 1.58. The summed E-state index contributed by atoms with van der Waals surface area (Å²) in [5, 5.41) is 0. The van der Waals surface area contributed by atoms with Gasteiger partial charge in [0.05, 0.1) is 19.4 Å². The van der Waals surface area contributed by atoms with Crippen LogP contribution >= 0.6 is 0 Å². The number of aromatic nitrogens is 2. The first-order valence-electron chi connectivity index (χ1n) is 11.0. The molecule has 1 saturated heterocycles. The highest BCUT2D eigenvalue weighted by Gasteiger charge is 2.22. The van der Waals surface area contributed by atoms with Crippen LogP contribution in [0.4, 0.5) is 5.82 Å². The molecule has 0 N–H and O–H groups in total. The number of anilines is 1. The SMILES string of the molecule is CCOc1ccc(-c2cc(N3CCN(C(=O)COc4ccc(OC)cc4)CC3)ncn2)cc1. The van der Waals surface area contributed by atoms with E-state index in [4.69, 9.17) is 14.2 Å². The van der Waals surface area contributed by atoms with Crippen LogP contribution in [0.3, 0.4) is 0 Å². The Morgan fingerprint density at radius 3 is 2.18 bits per heavy atom. The zero-order valence-electron chi connectivity index (χ0n) is 18.9. The molecule has 2 aromatic carbocycles. The van der Waals surface area contributed by atoms with Gasteiger partial charge in [-0.05, 0) is 55.5 Å². The molecule has 0 atom stereocenters. The number of ether oxygens (including phenoxy) is 3. The highest BCUT2D eigenvalue weighted by molar-refractivity contribution is 5.78. The zero-order chi connectivity index (χ0) is 23.0. The number of piperazine rings is 1. The van der Waals surface area contributed by atoms with E-state index in [-0.39, 0.29) is 12.5 Å². The number of carbonyl (C=O) groups excluding carboxylic acids is 1. The molecule has 1 aliphatic rings. The maximum Gasteiger partial charge on any atom is 0.260 e. The average molecular weight is 449 g/mol. The largest absolute Gasteiger partial charge is 0.497 e. The van der Waals surface area contributed by atoms with Gasteiger partial charge in [0, 0.05) is 37.8 Å². The predicted molar refractivity (Wildman–Crippen MR) is 126 cm³/mol. The number of amides is 1. The Kier molecular flexibility index (Phi) is 7.24. The number of hydrogen-bond donors (Lipinski definition) is 0. The van der Waals surface area contributed by atoms with Gasteiger partial charge in [-0.25, -0.2) is 9.97 Å². The number of carbonyl (C=O) groups is 1. The van der Waals surface area contributed by atoms with Crippen molar-refractivity contribution in [2.24, 2.45) is 0 Å². The number of rotatable bonds is 8. The predicted octanol–water partition coefficient (Wildman–Crippen LogP) is 3.28. The Balaban J connectivity index is 1.31. The van der Waals surface area contributed by atoms with Crippen LogP contribution in [-0.4, -0.2) is 67.3 Å². The standard InChI is InChI=1S/C25H28N4O4/c1-3-32-21-6-4-19(5-7-21)23-16-24(27-18-26-23)28-12-14-29(15-13-28)25(30)17-33-22-10-8-20(31-2)9-11-22/h4-11,16,18H,3,12-15,17H2,1-2H3. The molecular formula is C25H28N4O4. The van der Waals surface area contributed by atoms with Crippen LogP contribution in [0.2, 0.25) is 0 Å². The summed E-state index contributed by atoms with van der Waals surface area (Å²) < 4.78 is 16.3. The van der Waals surface area contributed by atoms with Crippen molar-refractivity contribution in [3.8, 4) is 28.5 Å². The Hall–Kier alpha value is -3.81. The van der Waals surface area contributed by atoms with Crippen LogP contribution in [0.15, 0.2) is 60.9 Å². The van der Waals surface area contributed by atoms with Crippen LogP contribution < -0.4 is 19.1 Å². The van der Waals surface area contributed by atoms with Gasteiger partial charge in [-0.15, -0.1) is 0 Å². The smallest absolute Gasteiger partial charge is 0.260 e. The Bertz CT molecular complexity index is 1050. The van der Waals surface area contributed by atoms with Gasteiger partial charge in [0.15, 0.2) is 6.61 Å². The Morgan fingerprint density at radius 2 is 1.52 bits per heavy atom. The molecule has 8 heteroatoms. The van der Waals surface area contributed by atoms with Crippen molar-refractivity contribution < 1.29 is 19.0 Å². The molecule has 1 amide bonds. The molecule has 8 nitrogen and oxygen atoms in total. The molecule has 1 fully saturated rings. The van der Waals surface area contributed by atoms with Crippen LogP contribution in [-0.2, 0) is 4.79 Å². The monoisotopic (exact) mass is 448 g/mol. The van der Waals surface area contributed by atoms with Gasteiger partial charge >= 0.3 is 0 Å². The highest BCUT2D eigenvalue weighted by Crippen LogP contribution is 2.24. The fourth-order valence-electron chi connectivity index (χ4n) is 3.66. The maximum absolute atomic E-state index is 12.6. The second-order valence-electron chi connectivity index (χ2n) is 7.55. The minimum Gasteiger partial charge on any atom is -0.497 e. The maximum atomic E-state index is 12.6. The van der Waals surface area contributed by atoms with E-state index >= 15 is 0 Å². The van der Waals surface area contributed by atoms with Gasteiger partial charge in [-0.3, -0.25) is 4.79 Å². The summed E-state index contributed by atoms with van der Waals surface area (Å²) in [4.78, 5) is 25.4. The molecule has 0 aliphatic carbocycles. The van der Waals surface area contributed by atoms with Crippen molar-refractivity contribution in [3.63, 3.8) is 0 Å². The molecule has 3 aromatic rings. The van der Waals surface area contributed by atoms with Crippen molar-refractivity contribution in [2.75, 3.05) is 51.4 Å². The second kappa shape index (κ2) is 10.7. The Morgan fingerprint density at radius 1 is 0.879 bits per heavy atom. The van der Waals surface area contributed by atoms with Crippen molar-refractivity contribution >= 4 is 11.7 Å². The summed E-state index contributed by atoms with van der Waals surface area (Å²) in [6.45, 7) is 5.26. The van der Waals surface area contributed by atoms with Gasteiger partial charge < -0.3 is 24.0 Å². The summed E-state index contributed by atoms with van der Waals surface area (Å²) in [5.74, 6) is 3.07. The molecule has 172 valence electrons. The minimum absolute atomic E-state index is 0.0156. The van der Waals surface area contributed by atoms with E-state index in [2.05, 4.69) is 14.9 Å². The number of nitrogens with zero attached hydrogens (tertiary/aromatic N) is 4.